The lowest BCUT2D eigenvalue weighted by Gasteiger charge is -1.97. The van der Waals surface area contributed by atoms with Crippen molar-refractivity contribution in [2.45, 2.75) is 0 Å². The number of hydrogen-bond acceptors (Lipinski definition) is 3. The van der Waals surface area contributed by atoms with E-state index in [0.29, 0.717) is 20.1 Å². The molecule has 0 aliphatic carbocycles. The molecule has 0 heterocycles. The van der Waals surface area contributed by atoms with Crippen LogP contribution in [0.1, 0.15) is 0 Å². The van der Waals surface area contributed by atoms with Gasteiger partial charge in [0.05, 0.1) is 30.1 Å². The molecule has 0 fully saturated rings. The van der Waals surface area contributed by atoms with E-state index in [1.165, 1.54) is 24.3 Å². The number of phenolic OH excluding ortho intramolecular Hbond substituents is 2. The van der Waals surface area contributed by atoms with Crippen LogP contribution in [0.4, 0.5) is 4.79 Å². The first kappa shape index (κ1) is 23.1. The highest BCUT2D eigenvalue weighted by Gasteiger charge is 2.03. The Hall–Kier alpha value is -0.950. The maximum atomic E-state index is 8.95. The Kier molecular flexibility index (Phi) is 10.4. The standard InChI is InChI=1S/2C6H3Cl3O.CH2O3/c2*7-3-1-5(9)6(10)2-4(3)8;2-1(3)4/h2*1-2,10H;(H2,2,3,4). The molecule has 0 saturated carbocycles. The van der Waals surface area contributed by atoms with Gasteiger partial charge >= 0.3 is 6.16 Å². The van der Waals surface area contributed by atoms with Crippen LogP contribution in [-0.4, -0.2) is 26.6 Å². The summed E-state index contributed by atoms with van der Waals surface area (Å²) >= 11 is 33.2. The summed E-state index contributed by atoms with van der Waals surface area (Å²) in [6, 6.07) is 5.38. The van der Waals surface area contributed by atoms with Gasteiger partial charge in [0.15, 0.2) is 0 Å². The first-order valence-electron chi connectivity index (χ1n) is 5.54. The summed E-state index contributed by atoms with van der Waals surface area (Å²) in [4.78, 5) is 8.56. The van der Waals surface area contributed by atoms with Crippen LogP contribution in [0.3, 0.4) is 0 Å². The van der Waals surface area contributed by atoms with E-state index in [4.69, 9.17) is 94.8 Å². The third kappa shape index (κ3) is 8.78. The van der Waals surface area contributed by atoms with E-state index in [-0.39, 0.29) is 21.5 Å². The molecule has 0 saturated heterocycles. The predicted molar refractivity (Wildman–Crippen MR) is 96.9 cm³/mol. The lowest BCUT2D eigenvalue weighted by Crippen LogP contribution is -1.81. The van der Waals surface area contributed by atoms with E-state index in [9.17, 15) is 0 Å². The average Bonchev–Trinajstić information content (AvgIpc) is 2.43. The Morgan fingerprint density at radius 1 is 0.583 bits per heavy atom. The molecule has 0 spiro atoms. The van der Waals surface area contributed by atoms with Gasteiger partial charge < -0.3 is 20.4 Å². The summed E-state index contributed by atoms with van der Waals surface area (Å²) in [5, 5.41) is 33.5. The molecular weight excluding hydrogens is 449 g/mol. The topological polar surface area (TPSA) is 98.0 Å². The number of phenols is 2. The van der Waals surface area contributed by atoms with Crippen LogP contribution < -0.4 is 0 Å². The first-order valence-corrected chi connectivity index (χ1v) is 7.81. The van der Waals surface area contributed by atoms with Gasteiger partial charge in [-0.1, -0.05) is 69.6 Å². The Morgan fingerprint density at radius 2 is 0.792 bits per heavy atom. The first-order chi connectivity index (χ1) is 11.0. The van der Waals surface area contributed by atoms with Crippen LogP contribution in [0.15, 0.2) is 24.3 Å². The van der Waals surface area contributed by atoms with E-state index < -0.39 is 6.16 Å². The van der Waals surface area contributed by atoms with Crippen LogP contribution in [0.25, 0.3) is 0 Å². The summed E-state index contributed by atoms with van der Waals surface area (Å²) in [6.07, 6.45) is -1.83. The number of carbonyl (C=O) groups is 1. The zero-order valence-electron chi connectivity index (χ0n) is 11.3. The summed E-state index contributed by atoms with van der Waals surface area (Å²) in [7, 11) is 0. The molecule has 0 unspecified atom stereocenters. The molecule has 11 heteroatoms. The van der Waals surface area contributed by atoms with Gasteiger partial charge in [-0.2, -0.15) is 0 Å². The van der Waals surface area contributed by atoms with Crippen LogP contribution in [0, 0.1) is 0 Å². The quantitative estimate of drug-likeness (QED) is 0.322. The number of rotatable bonds is 0. The van der Waals surface area contributed by atoms with Crippen molar-refractivity contribution in [3.8, 4) is 11.5 Å². The number of hydrogen-bond donors (Lipinski definition) is 4. The molecule has 0 aliphatic heterocycles. The maximum absolute atomic E-state index is 8.95. The molecule has 0 amide bonds. The van der Waals surface area contributed by atoms with Gasteiger partial charge in [-0.25, -0.2) is 4.79 Å². The van der Waals surface area contributed by atoms with Crippen LogP contribution in [-0.2, 0) is 0 Å². The van der Waals surface area contributed by atoms with Crippen LogP contribution in [0.5, 0.6) is 11.5 Å². The van der Waals surface area contributed by atoms with Gasteiger partial charge in [-0.15, -0.1) is 0 Å². The second kappa shape index (κ2) is 10.8. The fraction of sp³-hybridized carbons (Fsp3) is 0. The minimum absolute atomic E-state index is 0.0592. The Bertz CT molecular complexity index is 562. The second-order valence-corrected chi connectivity index (χ2v) is 6.16. The van der Waals surface area contributed by atoms with Crippen molar-refractivity contribution in [3.63, 3.8) is 0 Å². The minimum Gasteiger partial charge on any atom is -0.506 e. The van der Waals surface area contributed by atoms with Gasteiger partial charge in [0.2, 0.25) is 0 Å². The van der Waals surface area contributed by atoms with Crippen LogP contribution in [0.2, 0.25) is 30.1 Å². The van der Waals surface area contributed by atoms with E-state index in [1.54, 1.807) is 0 Å². The van der Waals surface area contributed by atoms with Crippen LogP contribution >= 0.6 is 69.6 Å². The van der Waals surface area contributed by atoms with Gasteiger partial charge in [0, 0.05) is 12.1 Å². The third-order valence-electron chi connectivity index (χ3n) is 1.98. The Morgan fingerprint density at radius 3 is 1.00 bits per heavy atom. The molecule has 0 radical (unpaired) electrons. The molecule has 2 rings (SSSR count). The highest BCUT2D eigenvalue weighted by molar-refractivity contribution is 6.44. The normalized spacial score (nSPS) is 9.25. The van der Waals surface area contributed by atoms with E-state index >= 15 is 0 Å². The van der Waals surface area contributed by atoms with E-state index in [0.717, 1.165) is 0 Å². The predicted octanol–water partition coefficient (Wildman–Crippen LogP) is 6.93. The second-order valence-electron chi connectivity index (χ2n) is 3.72. The molecule has 0 atom stereocenters. The molecule has 0 aliphatic rings. The maximum Gasteiger partial charge on any atom is 0.503 e. The summed E-state index contributed by atoms with van der Waals surface area (Å²) in [5.41, 5.74) is 0. The highest BCUT2D eigenvalue weighted by atomic mass is 35.5. The Labute approximate surface area is 166 Å². The van der Waals surface area contributed by atoms with Crippen molar-refractivity contribution in [2.75, 3.05) is 0 Å². The molecular formula is C13H8Cl6O5. The number of carboxylic acid groups (broad SMARTS) is 2. The molecule has 2 aromatic carbocycles. The zero-order chi connectivity index (χ0) is 19.0. The zero-order valence-corrected chi connectivity index (χ0v) is 15.8. The number of aromatic hydroxyl groups is 2. The van der Waals surface area contributed by atoms with Crippen molar-refractivity contribution in [2.24, 2.45) is 0 Å². The lowest BCUT2D eigenvalue weighted by atomic mass is 10.3. The van der Waals surface area contributed by atoms with Gasteiger partial charge in [-0.05, 0) is 12.1 Å². The largest absolute Gasteiger partial charge is 0.506 e. The summed E-state index contributed by atoms with van der Waals surface area (Å²) in [5.74, 6) is -0.118. The van der Waals surface area contributed by atoms with E-state index in [2.05, 4.69) is 0 Å². The monoisotopic (exact) mass is 454 g/mol. The molecule has 132 valence electrons. The SMILES string of the molecule is O=C(O)O.Oc1cc(Cl)c(Cl)cc1Cl.Oc1cc(Cl)c(Cl)cc1Cl. The molecule has 5 nitrogen and oxygen atoms in total. The number of halogens is 6. The van der Waals surface area contributed by atoms with Crippen molar-refractivity contribution < 1.29 is 25.2 Å². The van der Waals surface area contributed by atoms with Gasteiger partial charge in [0.25, 0.3) is 0 Å². The molecule has 4 N–H and O–H groups in total. The van der Waals surface area contributed by atoms with Gasteiger partial charge in [-0.3, -0.25) is 0 Å². The molecule has 24 heavy (non-hydrogen) atoms. The summed E-state index contributed by atoms with van der Waals surface area (Å²) in [6.45, 7) is 0. The number of benzene rings is 2. The molecule has 0 aromatic heterocycles. The van der Waals surface area contributed by atoms with Crippen molar-refractivity contribution >= 4 is 75.8 Å². The average molecular weight is 457 g/mol. The van der Waals surface area contributed by atoms with Crippen molar-refractivity contribution in [1.82, 2.24) is 0 Å². The fourth-order valence-electron chi connectivity index (χ4n) is 1.02. The highest BCUT2D eigenvalue weighted by Crippen LogP contribution is 2.33. The Balaban J connectivity index is 0.000000363. The van der Waals surface area contributed by atoms with E-state index in [1.807, 2.05) is 0 Å². The molecule has 0 bridgehead atoms. The smallest absolute Gasteiger partial charge is 0.503 e. The van der Waals surface area contributed by atoms with Crippen molar-refractivity contribution in [1.29, 1.82) is 0 Å². The fourth-order valence-corrected chi connectivity index (χ4v) is 2.11. The van der Waals surface area contributed by atoms with Crippen molar-refractivity contribution in [3.05, 3.63) is 54.4 Å². The summed E-state index contributed by atoms with van der Waals surface area (Å²) < 4.78 is 0. The molecule has 2 aromatic rings. The lowest BCUT2D eigenvalue weighted by molar-refractivity contribution is 0.137. The van der Waals surface area contributed by atoms with Gasteiger partial charge in [0.1, 0.15) is 11.5 Å². The third-order valence-corrected chi connectivity index (χ3v) is 4.03. The minimum atomic E-state index is -1.83.